The Hall–Kier alpha value is -7.81. The van der Waals surface area contributed by atoms with Crippen LogP contribution in [-0.2, 0) is 17.3 Å². The molecular weight excluding hydrogens is 785 g/mol. The van der Waals surface area contributed by atoms with Gasteiger partial charge in [0.1, 0.15) is 5.84 Å². The number of hydrogen-bond acceptors (Lipinski definition) is 2. The molecule has 2 nitrogen and oxygen atoms in total. The molecule has 0 radical (unpaired) electrons. The van der Waals surface area contributed by atoms with E-state index in [1.165, 1.54) is 83.5 Å². The van der Waals surface area contributed by atoms with E-state index in [9.17, 15) is 0 Å². The van der Waals surface area contributed by atoms with E-state index >= 15 is 0 Å². The van der Waals surface area contributed by atoms with Crippen molar-refractivity contribution >= 4 is 11.5 Å². The van der Waals surface area contributed by atoms with E-state index in [-0.39, 0.29) is 11.5 Å². The molecule has 0 saturated carbocycles. The molecule has 1 unspecified atom stereocenters. The molecule has 310 valence electrons. The second-order valence-electron chi connectivity index (χ2n) is 18.3. The zero-order valence-corrected chi connectivity index (χ0v) is 36.7. The van der Waals surface area contributed by atoms with Crippen LogP contribution < -0.4 is 5.32 Å². The van der Waals surface area contributed by atoms with Gasteiger partial charge in [0.15, 0.2) is 0 Å². The van der Waals surface area contributed by atoms with Crippen LogP contribution in [0, 0.1) is 0 Å². The van der Waals surface area contributed by atoms with Crippen molar-refractivity contribution in [3.05, 3.63) is 281 Å². The minimum absolute atomic E-state index is 0.0413. The van der Waals surface area contributed by atoms with Crippen molar-refractivity contribution < 1.29 is 0 Å². The SMILES string of the molecule is CC1(C)c2ccccc2C2(c3ccc(-c4ccc(-c5ccccc5-c5ccccc5)cc4)cc3-c3c(C4=NC(c5ccccc5)=CC(Cc5ccccc5)N4)cccc32)c2ccccc21. The van der Waals surface area contributed by atoms with Crippen LogP contribution >= 0.6 is 0 Å². The number of nitrogens with one attached hydrogen (secondary N) is 1. The number of aliphatic imine (C=N–C) groups is 1. The van der Waals surface area contributed by atoms with Gasteiger partial charge in [-0.15, -0.1) is 0 Å². The summed E-state index contributed by atoms with van der Waals surface area (Å²) in [4.78, 5) is 5.52. The van der Waals surface area contributed by atoms with Gasteiger partial charge in [-0.05, 0) is 108 Å². The molecule has 9 aromatic carbocycles. The summed E-state index contributed by atoms with van der Waals surface area (Å²) >= 11 is 0. The summed E-state index contributed by atoms with van der Waals surface area (Å²) in [5, 5.41) is 3.98. The zero-order valence-electron chi connectivity index (χ0n) is 36.7. The van der Waals surface area contributed by atoms with Gasteiger partial charge in [-0.2, -0.15) is 0 Å². The molecule has 1 atom stereocenters. The predicted octanol–water partition coefficient (Wildman–Crippen LogP) is 14.7. The van der Waals surface area contributed by atoms with E-state index in [0.717, 1.165) is 29.1 Å². The molecule has 0 fully saturated rings. The number of rotatable bonds is 7. The summed E-state index contributed by atoms with van der Waals surface area (Å²) in [6, 6.07) is 82.6. The zero-order chi connectivity index (χ0) is 43.5. The Kier molecular flexibility index (Phi) is 9.24. The topological polar surface area (TPSA) is 24.4 Å². The molecule has 0 saturated heterocycles. The quantitative estimate of drug-likeness (QED) is 0.170. The highest BCUT2D eigenvalue weighted by atomic mass is 15.0. The first kappa shape index (κ1) is 38.8. The van der Waals surface area contributed by atoms with Crippen molar-refractivity contribution in [3.8, 4) is 44.5 Å². The summed E-state index contributed by atoms with van der Waals surface area (Å²) in [7, 11) is 0. The summed E-state index contributed by atoms with van der Waals surface area (Å²) in [6.07, 6.45) is 3.15. The van der Waals surface area contributed by atoms with Gasteiger partial charge in [-0.25, -0.2) is 4.99 Å². The van der Waals surface area contributed by atoms with Crippen molar-refractivity contribution in [1.82, 2.24) is 5.32 Å². The summed E-state index contributed by atoms with van der Waals surface area (Å²) in [5.41, 5.74) is 21.6. The second-order valence-corrected chi connectivity index (χ2v) is 18.3. The van der Waals surface area contributed by atoms with Crippen LogP contribution in [0.1, 0.15) is 63.9 Å². The lowest BCUT2D eigenvalue weighted by molar-refractivity contribution is 0.563. The maximum Gasteiger partial charge on any atom is 0.135 e. The van der Waals surface area contributed by atoms with Gasteiger partial charge >= 0.3 is 0 Å². The Morgan fingerprint density at radius 1 is 0.400 bits per heavy atom. The van der Waals surface area contributed by atoms with Gasteiger partial charge in [-0.3, -0.25) is 0 Å². The molecular formula is C63H48N2. The highest BCUT2D eigenvalue weighted by Crippen LogP contribution is 2.63. The van der Waals surface area contributed by atoms with Crippen LogP contribution in [0.3, 0.4) is 0 Å². The van der Waals surface area contributed by atoms with Crippen LogP contribution in [0.4, 0.5) is 0 Å². The molecule has 12 rings (SSSR count). The van der Waals surface area contributed by atoms with Crippen LogP contribution in [0.2, 0.25) is 0 Å². The molecule has 3 aliphatic rings. The predicted molar refractivity (Wildman–Crippen MR) is 270 cm³/mol. The number of hydrogen-bond donors (Lipinski definition) is 1. The summed E-state index contributed by atoms with van der Waals surface area (Å²) in [6.45, 7) is 4.78. The molecule has 2 heteroatoms. The Balaban J connectivity index is 1.06. The minimum Gasteiger partial charge on any atom is -0.363 e. The Morgan fingerprint density at radius 3 is 1.54 bits per heavy atom. The first-order valence-corrected chi connectivity index (χ1v) is 22.9. The van der Waals surface area contributed by atoms with Crippen LogP contribution in [0.25, 0.3) is 50.2 Å². The van der Waals surface area contributed by atoms with Crippen LogP contribution in [0.15, 0.2) is 236 Å². The Labute approximate surface area is 382 Å². The molecule has 0 aromatic heterocycles. The molecule has 1 heterocycles. The highest BCUT2D eigenvalue weighted by molar-refractivity contribution is 6.11. The third-order valence-corrected chi connectivity index (χ3v) is 14.2. The average Bonchev–Trinajstić information content (AvgIpc) is 3.67. The molecule has 1 aliphatic heterocycles. The van der Waals surface area contributed by atoms with Gasteiger partial charge < -0.3 is 5.32 Å². The van der Waals surface area contributed by atoms with Gasteiger partial charge in [0.05, 0.1) is 17.2 Å². The van der Waals surface area contributed by atoms with Gasteiger partial charge in [0, 0.05) is 11.0 Å². The second kappa shape index (κ2) is 15.5. The molecule has 2 aliphatic carbocycles. The van der Waals surface area contributed by atoms with Crippen LogP contribution in [0.5, 0.6) is 0 Å². The normalized spacial score (nSPS) is 16.0. The smallest absolute Gasteiger partial charge is 0.135 e. The lowest BCUT2D eigenvalue weighted by Gasteiger charge is -2.46. The molecule has 0 amide bonds. The van der Waals surface area contributed by atoms with E-state index in [2.05, 4.69) is 250 Å². The van der Waals surface area contributed by atoms with E-state index in [0.29, 0.717) is 0 Å². The van der Waals surface area contributed by atoms with Gasteiger partial charge in [0.2, 0.25) is 0 Å². The summed E-state index contributed by atoms with van der Waals surface area (Å²) in [5.74, 6) is 0.900. The van der Waals surface area contributed by atoms with Gasteiger partial charge in [-0.1, -0.05) is 232 Å². The monoisotopic (exact) mass is 832 g/mol. The number of nitrogens with zero attached hydrogens (tertiary/aromatic N) is 1. The van der Waals surface area contributed by atoms with Crippen molar-refractivity contribution in [1.29, 1.82) is 0 Å². The third kappa shape index (κ3) is 6.27. The lowest BCUT2D eigenvalue weighted by Crippen LogP contribution is -2.41. The van der Waals surface area contributed by atoms with Crippen molar-refractivity contribution in [2.45, 2.75) is 37.1 Å². The summed E-state index contributed by atoms with van der Waals surface area (Å²) < 4.78 is 0. The molecule has 1 spiro atoms. The molecule has 9 aromatic rings. The van der Waals surface area contributed by atoms with E-state index in [1.807, 2.05) is 0 Å². The average molecular weight is 833 g/mol. The number of amidine groups is 1. The number of benzene rings is 9. The fourth-order valence-corrected chi connectivity index (χ4v) is 11.3. The van der Waals surface area contributed by atoms with Crippen LogP contribution in [-0.4, -0.2) is 11.9 Å². The first-order chi connectivity index (χ1) is 32.0. The van der Waals surface area contributed by atoms with E-state index < -0.39 is 5.41 Å². The molecule has 1 N–H and O–H groups in total. The Morgan fingerprint density at radius 2 is 0.892 bits per heavy atom. The molecule has 65 heavy (non-hydrogen) atoms. The Bertz CT molecular complexity index is 3270. The minimum atomic E-state index is -0.538. The standard InChI is InChI=1S/C63H48N2/c1-62(2)54-28-14-16-30-56(54)63(57-31-17-15-29-55(57)62)53-38-37-47(43-33-35-45(36-34-43)50-26-13-12-25-49(50)44-21-8-4-9-22-44)40-52(53)60-51(27-18-32-58(60)63)61-64-48(39-42-19-6-3-7-20-42)41-59(65-61)46-23-10-5-11-24-46/h3-38,40-41,48H,39H2,1-2H3,(H,64,65). The van der Waals surface area contributed by atoms with E-state index in [1.54, 1.807) is 0 Å². The fourth-order valence-electron chi connectivity index (χ4n) is 11.3. The fraction of sp³-hybridized carbons (Fsp3) is 0.0952. The van der Waals surface area contributed by atoms with E-state index in [4.69, 9.17) is 4.99 Å². The molecule has 0 bridgehead atoms. The highest BCUT2D eigenvalue weighted by Gasteiger charge is 2.54. The first-order valence-electron chi connectivity index (χ1n) is 22.9. The lowest BCUT2D eigenvalue weighted by atomic mass is 9.55. The van der Waals surface area contributed by atoms with Crippen molar-refractivity contribution in [3.63, 3.8) is 0 Å². The van der Waals surface area contributed by atoms with Crippen molar-refractivity contribution in [2.24, 2.45) is 4.99 Å². The number of fused-ring (bicyclic) bond motifs is 9. The largest absolute Gasteiger partial charge is 0.363 e. The van der Waals surface area contributed by atoms with Crippen molar-refractivity contribution in [2.75, 3.05) is 0 Å². The maximum absolute atomic E-state index is 5.52. The van der Waals surface area contributed by atoms with Gasteiger partial charge in [0.25, 0.3) is 0 Å². The third-order valence-electron chi connectivity index (χ3n) is 14.2. The maximum atomic E-state index is 5.52.